The van der Waals surface area contributed by atoms with Crippen molar-refractivity contribution in [2.24, 2.45) is 4.99 Å². The molecule has 8 nitrogen and oxygen atoms in total. The number of H-pyrrole nitrogens is 1. The maximum absolute atomic E-state index is 14.6. The molecule has 2 aliphatic heterocycles. The lowest BCUT2D eigenvalue weighted by Crippen LogP contribution is -2.43. The Morgan fingerprint density at radius 1 is 1.16 bits per heavy atom. The summed E-state index contributed by atoms with van der Waals surface area (Å²) in [6, 6.07) is 10.5. The number of morpholine rings is 1. The molecule has 0 aliphatic carbocycles. The fourth-order valence-electron chi connectivity index (χ4n) is 3.69. The van der Waals surface area contributed by atoms with Gasteiger partial charge in [-0.25, -0.2) is 9.37 Å². The van der Waals surface area contributed by atoms with Crippen LogP contribution < -0.4 is 10.1 Å². The van der Waals surface area contributed by atoms with Crippen LogP contribution in [0.4, 0.5) is 4.39 Å². The number of aliphatic imine (C=N–C) groups is 1. The highest BCUT2D eigenvalue weighted by molar-refractivity contribution is 6.02. The number of imidazole rings is 1. The second kappa shape index (κ2) is 8.35. The first kappa shape index (κ1) is 19.5. The first-order valence-electron chi connectivity index (χ1n) is 10.2. The van der Waals surface area contributed by atoms with Gasteiger partial charge < -0.3 is 24.7 Å². The van der Waals surface area contributed by atoms with Crippen LogP contribution in [0.3, 0.4) is 0 Å². The summed E-state index contributed by atoms with van der Waals surface area (Å²) in [6.07, 6.45) is 0. The van der Waals surface area contributed by atoms with E-state index in [0.717, 1.165) is 35.5 Å². The zero-order valence-corrected chi connectivity index (χ0v) is 16.9. The monoisotopic (exact) mass is 423 g/mol. The highest BCUT2D eigenvalue weighted by Gasteiger charge is 2.18. The standard InChI is InChI=1S/C22H22FN5O3/c23-16-11-14(2-4-19(16)31-13-20(29)28-7-9-30-10-8-28)22-26-17-3-1-15(12-18(17)27-22)21-24-5-6-25-21/h1-4,11-12H,5-10,13H2,(H,24,25)(H,26,27). The molecule has 0 radical (unpaired) electrons. The maximum Gasteiger partial charge on any atom is 0.260 e. The Hall–Kier alpha value is -3.46. The van der Waals surface area contributed by atoms with E-state index in [4.69, 9.17) is 9.47 Å². The molecule has 5 rings (SSSR count). The molecule has 3 aromatic rings. The highest BCUT2D eigenvalue weighted by Crippen LogP contribution is 2.26. The van der Waals surface area contributed by atoms with E-state index in [1.54, 1.807) is 11.0 Å². The van der Waals surface area contributed by atoms with Crippen molar-refractivity contribution in [1.82, 2.24) is 20.2 Å². The Kier molecular flexibility index (Phi) is 5.25. The molecule has 0 bridgehead atoms. The normalized spacial score (nSPS) is 16.3. The van der Waals surface area contributed by atoms with E-state index >= 15 is 0 Å². The van der Waals surface area contributed by atoms with Gasteiger partial charge in [-0.1, -0.05) is 0 Å². The number of nitrogens with one attached hydrogen (secondary N) is 2. The number of ether oxygens (including phenoxy) is 2. The van der Waals surface area contributed by atoms with Gasteiger partial charge in [0.15, 0.2) is 18.2 Å². The molecule has 1 amide bonds. The van der Waals surface area contributed by atoms with E-state index in [9.17, 15) is 9.18 Å². The predicted molar refractivity (Wildman–Crippen MR) is 114 cm³/mol. The lowest BCUT2D eigenvalue weighted by Gasteiger charge is -2.26. The van der Waals surface area contributed by atoms with Gasteiger partial charge in [-0.3, -0.25) is 9.79 Å². The summed E-state index contributed by atoms with van der Waals surface area (Å²) in [7, 11) is 0. The van der Waals surface area contributed by atoms with Crippen LogP contribution in [0.25, 0.3) is 22.4 Å². The van der Waals surface area contributed by atoms with Gasteiger partial charge in [0.05, 0.1) is 30.8 Å². The fraction of sp³-hybridized carbons (Fsp3) is 0.318. The van der Waals surface area contributed by atoms with Gasteiger partial charge in [0, 0.05) is 30.8 Å². The van der Waals surface area contributed by atoms with E-state index in [1.165, 1.54) is 12.1 Å². The highest BCUT2D eigenvalue weighted by atomic mass is 19.1. The number of carbonyl (C=O) groups is 1. The molecule has 3 heterocycles. The molecule has 2 N–H and O–H groups in total. The maximum atomic E-state index is 14.6. The molecule has 2 aromatic carbocycles. The van der Waals surface area contributed by atoms with E-state index in [1.807, 2.05) is 18.2 Å². The topological polar surface area (TPSA) is 91.8 Å². The average Bonchev–Trinajstić information content (AvgIpc) is 3.48. The van der Waals surface area contributed by atoms with Crippen LogP contribution >= 0.6 is 0 Å². The largest absolute Gasteiger partial charge is 0.481 e. The molecule has 0 saturated carbocycles. The third kappa shape index (κ3) is 4.09. The number of halogens is 1. The van der Waals surface area contributed by atoms with E-state index in [2.05, 4.69) is 20.3 Å². The number of fused-ring (bicyclic) bond motifs is 1. The summed E-state index contributed by atoms with van der Waals surface area (Å²) >= 11 is 0. The number of aromatic amines is 1. The molecule has 160 valence electrons. The van der Waals surface area contributed by atoms with Crippen LogP contribution in [0, 0.1) is 5.82 Å². The zero-order chi connectivity index (χ0) is 21.2. The Morgan fingerprint density at radius 2 is 2.00 bits per heavy atom. The van der Waals surface area contributed by atoms with Gasteiger partial charge >= 0.3 is 0 Å². The van der Waals surface area contributed by atoms with Gasteiger partial charge in [0.1, 0.15) is 11.7 Å². The van der Waals surface area contributed by atoms with Crippen molar-refractivity contribution in [2.75, 3.05) is 46.0 Å². The first-order chi connectivity index (χ1) is 15.2. The Morgan fingerprint density at radius 3 is 2.77 bits per heavy atom. The Balaban J connectivity index is 1.31. The lowest BCUT2D eigenvalue weighted by atomic mass is 10.2. The number of aromatic nitrogens is 2. The number of hydrogen-bond donors (Lipinski definition) is 2. The lowest BCUT2D eigenvalue weighted by molar-refractivity contribution is -0.137. The molecule has 31 heavy (non-hydrogen) atoms. The number of nitrogens with zero attached hydrogens (tertiary/aromatic N) is 3. The van der Waals surface area contributed by atoms with Crippen LogP contribution in [-0.4, -0.2) is 72.6 Å². The summed E-state index contributed by atoms with van der Waals surface area (Å²) in [5, 5.41) is 3.25. The number of rotatable bonds is 5. The smallest absolute Gasteiger partial charge is 0.260 e. The van der Waals surface area contributed by atoms with Crippen molar-refractivity contribution in [3.05, 3.63) is 47.8 Å². The number of benzene rings is 2. The molecule has 1 fully saturated rings. The van der Waals surface area contributed by atoms with Crippen molar-refractivity contribution in [3.8, 4) is 17.1 Å². The second-order valence-corrected chi connectivity index (χ2v) is 7.40. The van der Waals surface area contributed by atoms with Crippen molar-refractivity contribution >= 4 is 22.8 Å². The van der Waals surface area contributed by atoms with Gasteiger partial charge in [-0.15, -0.1) is 0 Å². The van der Waals surface area contributed by atoms with Crippen LogP contribution in [0.15, 0.2) is 41.4 Å². The van der Waals surface area contributed by atoms with Gasteiger partial charge in [-0.2, -0.15) is 0 Å². The fourth-order valence-corrected chi connectivity index (χ4v) is 3.69. The van der Waals surface area contributed by atoms with E-state index in [0.29, 0.717) is 37.7 Å². The third-order valence-corrected chi connectivity index (χ3v) is 5.35. The average molecular weight is 423 g/mol. The molecule has 0 unspecified atom stereocenters. The second-order valence-electron chi connectivity index (χ2n) is 7.40. The molecular formula is C22H22FN5O3. The Bertz CT molecular complexity index is 1150. The van der Waals surface area contributed by atoms with Crippen molar-refractivity contribution in [3.63, 3.8) is 0 Å². The van der Waals surface area contributed by atoms with Crippen LogP contribution in [0.1, 0.15) is 5.56 Å². The molecular weight excluding hydrogens is 401 g/mol. The summed E-state index contributed by atoms with van der Waals surface area (Å²) in [6.45, 7) is 3.49. The quantitative estimate of drug-likeness (QED) is 0.655. The summed E-state index contributed by atoms with van der Waals surface area (Å²) in [4.78, 5) is 26.1. The summed E-state index contributed by atoms with van der Waals surface area (Å²) in [5.74, 6) is 0.744. The molecule has 1 aromatic heterocycles. The summed E-state index contributed by atoms with van der Waals surface area (Å²) < 4.78 is 25.3. The minimum atomic E-state index is -0.544. The van der Waals surface area contributed by atoms with Crippen LogP contribution in [0.2, 0.25) is 0 Å². The summed E-state index contributed by atoms with van der Waals surface area (Å²) in [5.41, 5.74) is 3.22. The number of carbonyl (C=O) groups excluding carboxylic acids is 1. The number of hydrogen-bond acceptors (Lipinski definition) is 6. The minimum absolute atomic E-state index is 0.0362. The van der Waals surface area contributed by atoms with Crippen molar-refractivity contribution in [1.29, 1.82) is 0 Å². The molecule has 1 saturated heterocycles. The van der Waals surface area contributed by atoms with Crippen molar-refractivity contribution in [2.45, 2.75) is 0 Å². The number of amidine groups is 1. The van der Waals surface area contributed by atoms with Gasteiger partial charge in [0.25, 0.3) is 5.91 Å². The van der Waals surface area contributed by atoms with Gasteiger partial charge in [0.2, 0.25) is 0 Å². The SMILES string of the molecule is O=C(COc1ccc(-c2nc3ccc(C4=NCCN4)cc3[nH]2)cc1F)N1CCOCC1. The van der Waals surface area contributed by atoms with Gasteiger partial charge in [-0.05, 0) is 36.4 Å². The molecule has 9 heteroatoms. The Labute approximate surface area is 178 Å². The third-order valence-electron chi connectivity index (χ3n) is 5.35. The van der Waals surface area contributed by atoms with E-state index < -0.39 is 5.82 Å². The molecule has 0 spiro atoms. The van der Waals surface area contributed by atoms with Crippen LogP contribution in [0.5, 0.6) is 5.75 Å². The molecule has 0 atom stereocenters. The first-order valence-corrected chi connectivity index (χ1v) is 10.2. The minimum Gasteiger partial charge on any atom is -0.481 e. The molecule has 2 aliphatic rings. The zero-order valence-electron chi connectivity index (χ0n) is 16.9. The predicted octanol–water partition coefficient (Wildman–Crippen LogP) is 1.96. The van der Waals surface area contributed by atoms with E-state index in [-0.39, 0.29) is 18.3 Å². The number of amides is 1. The van der Waals surface area contributed by atoms with Crippen molar-refractivity contribution < 1.29 is 18.7 Å². The van der Waals surface area contributed by atoms with Crippen LogP contribution in [-0.2, 0) is 9.53 Å².